The molecule has 1 radical (unpaired) electrons. The van der Waals surface area contributed by atoms with Crippen LogP contribution in [-0.4, -0.2) is 28.0 Å². The zero-order valence-electron chi connectivity index (χ0n) is 5.68. The molecule has 0 aliphatic carbocycles. The fraction of sp³-hybridized carbons (Fsp3) is 0.500. The van der Waals surface area contributed by atoms with Crippen molar-refractivity contribution in [3.8, 4) is 0 Å². The van der Waals surface area contributed by atoms with Gasteiger partial charge in [-0.1, -0.05) is 34.2 Å². The second-order valence-corrected chi connectivity index (χ2v) is 2.73. The predicted molar refractivity (Wildman–Crippen MR) is 51.3 cm³/mol. The summed E-state index contributed by atoms with van der Waals surface area (Å²) in [6.07, 6.45) is 0. The van der Waals surface area contributed by atoms with E-state index in [1.165, 1.54) is 0 Å². The van der Waals surface area contributed by atoms with Gasteiger partial charge in [0.15, 0.2) is 6.07 Å². The van der Waals surface area contributed by atoms with Crippen molar-refractivity contribution in [2.75, 3.05) is 9.95 Å². The molecule has 0 aromatic carbocycles. The molecule has 0 aromatic rings. The largest absolute Gasteiger partial charge is 0.483 e. The number of hydrogen-bond donors (Lipinski definition) is 1. The summed E-state index contributed by atoms with van der Waals surface area (Å²) in [4.78, 5) is 17.5. The Morgan fingerprint density at radius 2 is 1.67 bits per heavy atom. The van der Waals surface area contributed by atoms with Crippen LogP contribution in [0.5, 0.6) is 0 Å². The molecule has 0 aromatic heterocycles. The molecule has 8 heteroatoms. The number of alkyl halides is 3. The van der Waals surface area contributed by atoms with Gasteiger partial charge in [0, 0.05) is 22.4 Å². The van der Waals surface area contributed by atoms with Gasteiger partial charge in [-0.05, 0) is 0 Å². The molecule has 0 saturated carbocycles. The summed E-state index contributed by atoms with van der Waals surface area (Å²) < 4.78 is 4.61. The molecule has 0 aliphatic rings. The van der Waals surface area contributed by atoms with Crippen molar-refractivity contribution in [1.29, 1.82) is 0 Å². The topological polar surface area (TPSA) is 63.6 Å². The molecule has 0 rings (SSSR count). The van der Waals surface area contributed by atoms with E-state index in [2.05, 4.69) is 27.3 Å². The van der Waals surface area contributed by atoms with Crippen molar-refractivity contribution in [3.05, 3.63) is 0 Å². The summed E-state index contributed by atoms with van der Waals surface area (Å²) in [5, 5.41) is 6.89. The van der Waals surface area contributed by atoms with Crippen molar-refractivity contribution >= 4 is 58.7 Å². The van der Waals surface area contributed by atoms with Crippen LogP contribution in [0.2, 0.25) is 0 Å². The van der Waals surface area contributed by atoms with Crippen LogP contribution in [0.25, 0.3) is 0 Å². The molecule has 0 fully saturated rings. The Labute approximate surface area is 110 Å². The molecule has 0 unspecified atom stereocenters. The van der Waals surface area contributed by atoms with Crippen LogP contribution in [0.15, 0.2) is 0 Å². The third-order valence-corrected chi connectivity index (χ3v) is 0.257. The Morgan fingerprint density at radius 1 is 1.42 bits per heavy atom. The van der Waals surface area contributed by atoms with E-state index in [1.54, 1.807) is 0 Å². The van der Waals surface area contributed by atoms with E-state index in [1.807, 2.05) is 0 Å². The normalized spacial score (nSPS) is 5.25. The van der Waals surface area contributed by atoms with E-state index in [0.717, 1.165) is 0 Å². The Balaban J connectivity index is -0.0000000406. The van der Waals surface area contributed by atoms with Crippen LogP contribution >= 0.6 is 45.8 Å². The minimum Gasteiger partial charge on any atom is -0.483 e. The smallest absolute Gasteiger partial charge is 0.294 e. The van der Waals surface area contributed by atoms with Crippen LogP contribution in [0.4, 0.5) is 0 Å². The molecule has 4 nitrogen and oxygen atoms in total. The maximum Gasteiger partial charge on any atom is 0.294 e. The summed E-state index contributed by atoms with van der Waals surface area (Å²) in [5.74, 6) is 0. The molecule has 0 saturated heterocycles. The first kappa shape index (κ1) is 23.1. The minimum atomic E-state index is -0.250. The Kier molecular flexibility index (Phi) is 77.7. The SMILES string of the molecule is ClCI.O=CO.O=COCCl.[Ag]. The molecule has 0 atom stereocenters. The zero-order chi connectivity index (χ0) is 9.54. The fourth-order valence-corrected chi connectivity index (χ4v) is 0.0772. The van der Waals surface area contributed by atoms with Gasteiger partial charge in [-0.15, -0.1) is 11.6 Å². The summed E-state index contributed by atoms with van der Waals surface area (Å²) >= 11 is 11.9. The molecular formula is C4H7AgCl2IO4. The van der Waals surface area contributed by atoms with Gasteiger partial charge in [0.2, 0.25) is 0 Å². The third-order valence-electron chi connectivity index (χ3n) is 0.131. The Bertz CT molecular complexity index is 78.1. The second kappa shape index (κ2) is 40.4. The van der Waals surface area contributed by atoms with Gasteiger partial charge in [0.1, 0.15) is 0 Å². The first-order chi connectivity index (χ1) is 5.24. The number of carbonyl (C=O) groups is 2. The Hall–Kier alpha value is 0.990. The van der Waals surface area contributed by atoms with Gasteiger partial charge in [-0.2, -0.15) is 0 Å². The monoisotopic (exact) mass is 423 g/mol. The summed E-state index contributed by atoms with van der Waals surface area (Å²) in [7, 11) is 0. The molecule has 0 spiro atoms. The third kappa shape index (κ3) is 123. The molecule has 1 N–H and O–H groups in total. The van der Waals surface area contributed by atoms with Gasteiger partial charge in [0.25, 0.3) is 12.9 Å². The average molecular weight is 425 g/mol. The van der Waals surface area contributed by atoms with Crippen molar-refractivity contribution < 1.29 is 41.8 Å². The van der Waals surface area contributed by atoms with Gasteiger partial charge in [-0.25, -0.2) is 0 Å². The summed E-state index contributed by atoms with van der Waals surface area (Å²) in [5.41, 5.74) is 0. The van der Waals surface area contributed by atoms with Crippen LogP contribution < -0.4 is 0 Å². The van der Waals surface area contributed by atoms with Gasteiger partial charge >= 0.3 is 0 Å². The maximum atomic E-state index is 9.10. The first-order valence-corrected chi connectivity index (χ1v) is 4.65. The fourth-order valence-electron chi connectivity index (χ4n) is 0.0257. The number of carboxylic acid groups (broad SMARTS) is 1. The molecular weight excluding hydrogens is 418 g/mol. The van der Waals surface area contributed by atoms with Crippen molar-refractivity contribution in [1.82, 2.24) is 0 Å². The van der Waals surface area contributed by atoms with Crippen LogP contribution in [-0.2, 0) is 36.7 Å². The van der Waals surface area contributed by atoms with E-state index >= 15 is 0 Å². The van der Waals surface area contributed by atoms with Crippen LogP contribution in [0.3, 0.4) is 0 Å². The van der Waals surface area contributed by atoms with Crippen molar-refractivity contribution in [2.24, 2.45) is 0 Å². The van der Waals surface area contributed by atoms with Crippen molar-refractivity contribution in [2.45, 2.75) is 0 Å². The van der Waals surface area contributed by atoms with Crippen LogP contribution in [0, 0.1) is 0 Å². The molecule has 0 aliphatic heterocycles. The molecule has 79 valence electrons. The summed E-state index contributed by atoms with van der Waals surface area (Å²) in [6.45, 7) is 0.0486. The van der Waals surface area contributed by atoms with E-state index in [4.69, 9.17) is 37.9 Å². The quantitative estimate of drug-likeness (QED) is 0.317. The first-order valence-electron chi connectivity index (χ1n) is 2.06. The predicted octanol–water partition coefficient (Wildman–Crippen LogP) is 1.67. The number of hydrogen-bond acceptors (Lipinski definition) is 3. The summed E-state index contributed by atoms with van der Waals surface area (Å²) in [6, 6.07) is -0.0521. The molecule has 0 amide bonds. The standard InChI is InChI=1S/C2H3ClO2.CH2ClI.CH2O2.Ag/c3-1-5-2-4;2*2-1-3;/h2H,1H2;1H2;1H,(H,2,3);. The average Bonchev–Trinajstić information content (AvgIpc) is 1.92. The van der Waals surface area contributed by atoms with Gasteiger partial charge in [-0.3, -0.25) is 9.59 Å². The maximum absolute atomic E-state index is 9.10. The van der Waals surface area contributed by atoms with E-state index < -0.39 is 0 Å². The zero-order valence-corrected chi connectivity index (χ0v) is 10.8. The molecule has 0 bridgehead atoms. The second-order valence-electron chi connectivity index (χ2n) is 0.578. The molecule has 0 heterocycles. The number of carbonyl (C=O) groups excluding carboxylic acids is 1. The Morgan fingerprint density at radius 3 is 1.67 bits per heavy atom. The number of rotatable bonds is 2. The number of ether oxygens (including phenoxy) is 1. The van der Waals surface area contributed by atoms with Crippen LogP contribution in [0.1, 0.15) is 0 Å². The van der Waals surface area contributed by atoms with Gasteiger partial charge < -0.3 is 9.84 Å². The van der Waals surface area contributed by atoms with Gasteiger partial charge in [0.05, 0.1) is 3.89 Å². The van der Waals surface area contributed by atoms with E-state index in [-0.39, 0.29) is 34.9 Å². The van der Waals surface area contributed by atoms with E-state index in [0.29, 0.717) is 10.4 Å². The molecule has 12 heavy (non-hydrogen) atoms. The van der Waals surface area contributed by atoms with E-state index in [9.17, 15) is 0 Å². The minimum absolute atomic E-state index is 0. The van der Waals surface area contributed by atoms with Crippen molar-refractivity contribution in [3.63, 3.8) is 0 Å². The number of halogens is 3.